The zero-order chi connectivity index (χ0) is 24.1. The molecule has 6 heteroatoms. The summed E-state index contributed by atoms with van der Waals surface area (Å²) in [6.45, 7) is 8.36. The van der Waals surface area contributed by atoms with Crippen molar-refractivity contribution in [2.75, 3.05) is 33.3 Å². The second-order valence-electron chi connectivity index (χ2n) is 9.58. The molecule has 0 aliphatic carbocycles. The highest BCUT2D eigenvalue weighted by atomic mass is 32.1. The van der Waals surface area contributed by atoms with Crippen LogP contribution in [0.3, 0.4) is 0 Å². The van der Waals surface area contributed by atoms with Crippen molar-refractivity contribution in [1.82, 2.24) is 9.80 Å². The van der Waals surface area contributed by atoms with E-state index < -0.39 is 0 Å². The van der Waals surface area contributed by atoms with E-state index in [1.807, 2.05) is 17.0 Å². The van der Waals surface area contributed by atoms with E-state index in [0.717, 1.165) is 25.4 Å². The number of nitrogens with zero attached hydrogens (tertiary/aromatic N) is 2. The molecule has 2 heterocycles. The third-order valence-corrected chi connectivity index (χ3v) is 7.18. The molecule has 0 unspecified atom stereocenters. The van der Waals surface area contributed by atoms with Gasteiger partial charge in [0.05, 0.1) is 7.11 Å². The van der Waals surface area contributed by atoms with Gasteiger partial charge in [-0.05, 0) is 76.2 Å². The summed E-state index contributed by atoms with van der Waals surface area (Å²) in [5.74, 6) is 1.41. The number of hydrogen-bond donors (Lipinski definition) is 0. The molecule has 1 aromatic heterocycles. The zero-order valence-electron chi connectivity index (χ0n) is 20.1. The van der Waals surface area contributed by atoms with E-state index in [1.54, 1.807) is 30.6 Å². The summed E-state index contributed by atoms with van der Waals surface area (Å²) < 4.78 is 18.9. The maximum Gasteiger partial charge on any atom is 0.253 e. The van der Waals surface area contributed by atoms with Crippen molar-refractivity contribution in [2.45, 2.75) is 26.3 Å². The molecule has 34 heavy (non-hydrogen) atoms. The largest absolute Gasteiger partial charge is 0.497 e. The van der Waals surface area contributed by atoms with Gasteiger partial charge in [0.15, 0.2) is 0 Å². The van der Waals surface area contributed by atoms with E-state index in [-0.39, 0.29) is 17.6 Å². The topological polar surface area (TPSA) is 32.8 Å². The van der Waals surface area contributed by atoms with Gasteiger partial charge in [-0.15, -0.1) is 0 Å². The summed E-state index contributed by atoms with van der Waals surface area (Å²) in [5.41, 5.74) is 3.11. The molecule has 0 spiro atoms. The number of amides is 1. The molecule has 0 radical (unpaired) electrons. The lowest BCUT2D eigenvalue weighted by atomic mass is 9.88. The predicted octanol–water partition coefficient (Wildman–Crippen LogP) is 5.91. The summed E-state index contributed by atoms with van der Waals surface area (Å²) >= 11 is 1.72. The van der Waals surface area contributed by atoms with Crippen LogP contribution in [-0.2, 0) is 6.54 Å². The standard InChI is InChI=1S/C28H33FN2O2S/c1-20(2)14-31(28(32)22-7-9-25(29)10-8-22)17-24-16-30(15-21-11-12-34-19-21)18-27(24)23-5-4-6-26(13-23)33-3/h4-13,19-20,24,27H,14-18H2,1-3H3/t24-,27-/m1/s1. The zero-order valence-corrected chi connectivity index (χ0v) is 20.9. The minimum absolute atomic E-state index is 0.0330. The van der Waals surface area contributed by atoms with Gasteiger partial charge >= 0.3 is 0 Å². The maximum atomic E-state index is 13.4. The molecule has 4 rings (SSSR count). The van der Waals surface area contributed by atoms with Crippen LogP contribution < -0.4 is 4.74 Å². The van der Waals surface area contributed by atoms with Gasteiger partial charge in [0.25, 0.3) is 5.91 Å². The normalized spacial score (nSPS) is 18.4. The van der Waals surface area contributed by atoms with Gasteiger partial charge in [0.1, 0.15) is 11.6 Å². The van der Waals surface area contributed by atoms with Gasteiger partial charge < -0.3 is 9.64 Å². The van der Waals surface area contributed by atoms with Crippen LogP contribution in [0.25, 0.3) is 0 Å². The fraction of sp³-hybridized carbons (Fsp3) is 0.393. The van der Waals surface area contributed by atoms with Crippen molar-refractivity contribution in [3.05, 3.63) is 87.9 Å². The number of methoxy groups -OCH3 is 1. The van der Waals surface area contributed by atoms with Crippen LogP contribution in [0.5, 0.6) is 5.75 Å². The fourth-order valence-electron chi connectivity index (χ4n) is 4.90. The number of hydrogen-bond acceptors (Lipinski definition) is 4. The van der Waals surface area contributed by atoms with E-state index in [0.29, 0.717) is 30.5 Å². The first-order valence-electron chi connectivity index (χ1n) is 11.8. The Labute approximate surface area is 206 Å². The Bertz CT molecular complexity index is 1070. The van der Waals surface area contributed by atoms with Gasteiger partial charge in [-0.2, -0.15) is 11.3 Å². The van der Waals surface area contributed by atoms with Crippen molar-refractivity contribution >= 4 is 17.2 Å². The van der Waals surface area contributed by atoms with Crippen LogP contribution in [0.2, 0.25) is 0 Å². The molecule has 0 bridgehead atoms. The Balaban J connectivity index is 1.59. The molecular formula is C28H33FN2O2S. The van der Waals surface area contributed by atoms with Crippen LogP contribution in [0.1, 0.15) is 41.3 Å². The second-order valence-corrected chi connectivity index (χ2v) is 10.4. The fourth-order valence-corrected chi connectivity index (χ4v) is 5.56. The third-order valence-electron chi connectivity index (χ3n) is 6.44. The number of thiophene rings is 1. The van der Waals surface area contributed by atoms with E-state index in [9.17, 15) is 9.18 Å². The van der Waals surface area contributed by atoms with Crippen molar-refractivity contribution in [1.29, 1.82) is 0 Å². The monoisotopic (exact) mass is 480 g/mol. The molecule has 1 saturated heterocycles. The lowest BCUT2D eigenvalue weighted by molar-refractivity contribution is 0.0703. The summed E-state index contributed by atoms with van der Waals surface area (Å²) in [6, 6.07) is 16.4. The lowest BCUT2D eigenvalue weighted by Crippen LogP contribution is -2.39. The minimum atomic E-state index is -0.329. The number of ether oxygens (including phenoxy) is 1. The molecule has 3 aromatic rings. The Morgan fingerprint density at radius 2 is 1.97 bits per heavy atom. The van der Waals surface area contributed by atoms with E-state index in [1.165, 1.54) is 23.3 Å². The highest BCUT2D eigenvalue weighted by Crippen LogP contribution is 2.36. The SMILES string of the molecule is COc1cccc([C@H]2CN(Cc3ccsc3)C[C@@H]2CN(CC(C)C)C(=O)c2ccc(F)cc2)c1. The lowest BCUT2D eigenvalue weighted by Gasteiger charge is -2.30. The third kappa shape index (κ3) is 6.05. The number of benzene rings is 2. The number of carbonyl (C=O) groups is 1. The first-order chi connectivity index (χ1) is 16.4. The number of rotatable bonds is 9. The van der Waals surface area contributed by atoms with E-state index >= 15 is 0 Å². The molecule has 0 saturated carbocycles. The van der Waals surface area contributed by atoms with Crippen LogP contribution in [0.15, 0.2) is 65.4 Å². The average Bonchev–Trinajstić information content (AvgIpc) is 3.48. The van der Waals surface area contributed by atoms with Gasteiger partial charge in [0, 0.05) is 44.2 Å². The van der Waals surface area contributed by atoms with E-state index in [2.05, 4.69) is 47.7 Å². The van der Waals surface area contributed by atoms with Crippen molar-refractivity contribution in [3.8, 4) is 5.75 Å². The molecule has 1 amide bonds. The molecule has 1 aliphatic heterocycles. The Kier molecular flexibility index (Phi) is 8.01. The summed E-state index contributed by atoms with van der Waals surface area (Å²) in [5, 5.41) is 4.32. The van der Waals surface area contributed by atoms with Crippen LogP contribution in [0, 0.1) is 17.7 Å². The van der Waals surface area contributed by atoms with Gasteiger partial charge in [-0.1, -0.05) is 26.0 Å². The minimum Gasteiger partial charge on any atom is -0.497 e. The molecule has 0 N–H and O–H groups in total. The van der Waals surface area contributed by atoms with Gasteiger partial charge in [0.2, 0.25) is 0 Å². The molecule has 180 valence electrons. The summed E-state index contributed by atoms with van der Waals surface area (Å²) in [4.78, 5) is 17.9. The number of carbonyl (C=O) groups excluding carboxylic acids is 1. The number of likely N-dealkylation sites (tertiary alicyclic amines) is 1. The quantitative estimate of drug-likeness (QED) is 0.382. The molecule has 1 fully saturated rings. The molecule has 1 aliphatic rings. The molecule has 2 atom stereocenters. The Hall–Kier alpha value is -2.70. The maximum absolute atomic E-state index is 13.4. The summed E-state index contributed by atoms with van der Waals surface area (Å²) in [7, 11) is 1.69. The van der Waals surface area contributed by atoms with E-state index in [4.69, 9.17) is 4.74 Å². The highest BCUT2D eigenvalue weighted by molar-refractivity contribution is 7.07. The molecule has 4 nitrogen and oxygen atoms in total. The van der Waals surface area contributed by atoms with Crippen molar-refractivity contribution in [3.63, 3.8) is 0 Å². The molecular weight excluding hydrogens is 447 g/mol. The summed E-state index contributed by atoms with van der Waals surface area (Å²) in [6.07, 6.45) is 0. The Morgan fingerprint density at radius 3 is 2.65 bits per heavy atom. The first kappa shape index (κ1) is 24.4. The van der Waals surface area contributed by atoms with Crippen LogP contribution in [0.4, 0.5) is 4.39 Å². The molecule has 2 aromatic carbocycles. The second kappa shape index (κ2) is 11.2. The smallest absolute Gasteiger partial charge is 0.253 e. The van der Waals surface area contributed by atoms with Crippen LogP contribution >= 0.6 is 11.3 Å². The van der Waals surface area contributed by atoms with Gasteiger partial charge in [-0.25, -0.2) is 4.39 Å². The predicted molar refractivity (Wildman–Crippen MR) is 136 cm³/mol. The first-order valence-corrected chi connectivity index (χ1v) is 12.8. The van der Waals surface area contributed by atoms with Gasteiger partial charge in [-0.3, -0.25) is 9.69 Å². The number of halogens is 1. The van der Waals surface area contributed by atoms with Crippen molar-refractivity contribution < 1.29 is 13.9 Å². The average molecular weight is 481 g/mol. The Morgan fingerprint density at radius 1 is 1.18 bits per heavy atom. The highest BCUT2D eigenvalue weighted by Gasteiger charge is 2.36. The van der Waals surface area contributed by atoms with Crippen LogP contribution in [-0.4, -0.2) is 49.0 Å². The van der Waals surface area contributed by atoms with Crippen molar-refractivity contribution in [2.24, 2.45) is 11.8 Å².